The molecule has 5 rings (SSSR count). The smallest absolute Gasteiger partial charge is 0.272 e. The van der Waals surface area contributed by atoms with Crippen LogP contribution >= 0.6 is 58.4 Å². The van der Waals surface area contributed by atoms with Crippen molar-refractivity contribution in [3.8, 4) is 0 Å². The Hall–Kier alpha value is -3.97. The quantitative estimate of drug-likeness (QED) is 0.215. The van der Waals surface area contributed by atoms with E-state index >= 15 is 0 Å². The minimum absolute atomic E-state index is 0.0816. The summed E-state index contributed by atoms with van der Waals surface area (Å²) in [5.74, 6) is -5.74. The van der Waals surface area contributed by atoms with Crippen LogP contribution in [-0.4, -0.2) is 55.3 Å². The van der Waals surface area contributed by atoms with Crippen LogP contribution in [0.3, 0.4) is 0 Å². The van der Waals surface area contributed by atoms with Gasteiger partial charge in [0.2, 0.25) is 0 Å². The van der Waals surface area contributed by atoms with Gasteiger partial charge in [-0.2, -0.15) is 0 Å². The highest BCUT2D eigenvalue weighted by molar-refractivity contribution is 8.30. The van der Waals surface area contributed by atoms with Crippen LogP contribution in [0.1, 0.15) is 20.3 Å². The first kappa shape index (κ1) is 33.4. The van der Waals surface area contributed by atoms with Gasteiger partial charge >= 0.3 is 0 Å². The van der Waals surface area contributed by atoms with E-state index in [9.17, 15) is 44.1 Å². The number of nitrogens with zero attached hydrogens (tertiary/aromatic N) is 4. The molecule has 0 unspecified atom stereocenters. The van der Waals surface area contributed by atoms with Gasteiger partial charge in [-0.1, -0.05) is 54.8 Å². The zero-order valence-corrected chi connectivity index (χ0v) is 28.0. The number of thiazole rings is 2. The Balaban J connectivity index is 1.85. The number of carboxylic acid groups (broad SMARTS) is 3. The molecule has 46 heavy (non-hydrogen) atoms. The largest absolute Gasteiger partial charge is 0.548 e. The molecule has 2 aromatic heterocycles. The Morgan fingerprint density at radius 1 is 0.826 bits per heavy atom. The summed E-state index contributed by atoms with van der Waals surface area (Å²) in [6, 6.07) is 7.81. The summed E-state index contributed by atoms with van der Waals surface area (Å²) in [4.78, 5) is 78.8. The molecular formula is C28H21N4O9S5-3. The summed E-state index contributed by atoms with van der Waals surface area (Å²) < 4.78 is 1.16. The number of hydrogen-bond donors (Lipinski definition) is 0. The summed E-state index contributed by atoms with van der Waals surface area (Å²) >= 11 is 8.81. The number of benzene rings is 1. The van der Waals surface area contributed by atoms with Crippen molar-refractivity contribution in [2.75, 3.05) is 18.0 Å². The van der Waals surface area contributed by atoms with Crippen molar-refractivity contribution >= 4 is 103 Å². The normalized spacial score (nSPS) is 18.0. The van der Waals surface area contributed by atoms with Gasteiger partial charge in [0, 0.05) is 11.4 Å². The standard InChI is InChI=1S/C28H24N4O9S5/c1-3-13(9-16-29(4-2)14-7-5-6-8-15(14)43-16)20-23(39)30(10-17(33)34)26(44-20)21-24(40)31(11-18(35)36)27(45-21)22-25(41)32(12-19(37)38)28(42)46-22/h5-9H,3-4,10-12H2,1-2H3,(H,33,34)(H,35,36)(H,37,38)/p-3/b16-9?,20-13?,26-21+,27-22+. The molecule has 3 aromatic rings. The molecule has 1 fully saturated rings. The van der Waals surface area contributed by atoms with Gasteiger partial charge in [0.1, 0.15) is 23.1 Å². The van der Waals surface area contributed by atoms with E-state index < -0.39 is 54.6 Å². The van der Waals surface area contributed by atoms with Gasteiger partial charge in [-0.15, -0.1) is 22.7 Å². The van der Waals surface area contributed by atoms with Crippen molar-refractivity contribution in [1.29, 1.82) is 0 Å². The van der Waals surface area contributed by atoms with Crippen LogP contribution in [0.2, 0.25) is 0 Å². The van der Waals surface area contributed by atoms with E-state index in [0.29, 0.717) is 41.6 Å². The number of carbonyl (C=O) groups excluding carboxylic acids is 4. The SMILES string of the molecule is CCC(C=C1Sc2ccccc2N1CC)=c1s/c(=c2/s/c(=C3/SC(=S)N(CC(=O)[O-])C3=O)n(CC(=O)[O-])c2=O)n(CC(=O)[O-])c1=O. The van der Waals surface area contributed by atoms with Crippen molar-refractivity contribution < 1.29 is 34.5 Å². The molecule has 2 aliphatic heterocycles. The van der Waals surface area contributed by atoms with Crippen LogP contribution in [0.25, 0.3) is 10.5 Å². The third-order valence-electron chi connectivity index (χ3n) is 6.79. The average molecular weight is 718 g/mol. The van der Waals surface area contributed by atoms with E-state index in [4.69, 9.17) is 12.2 Å². The van der Waals surface area contributed by atoms with Crippen LogP contribution < -0.4 is 40.5 Å². The number of hydrogen-bond acceptors (Lipinski definition) is 15. The third kappa shape index (κ3) is 6.22. The number of aromatic nitrogens is 2. The molecule has 13 nitrogen and oxygen atoms in total. The number of amides is 1. The third-order valence-corrected chi connectivity index (χ3v) is 12.0. The van der Waals surface area contributed by atoms with Crippen LogP contribution in [0.15, 0.2) is 49.9 Å². The number of carbonyl (C=O) groups is 4. The molecule has 240 valence electrons. The van der Waals surface area contributed by atoms with E-state index in [0.717, 1.165) is 41.0 Å². The number of rotatable bonds is 9. The molecule has 2 aliphatic rings. The molecule has 0 atom stereocenters. The van der Waals surface area contributed by atoms with Gasteiger partial charge in [-0.25, -0.2) is 0 Å². The highest BCUT2D eigenvalue weighted by atomic mass is 32.2. The topological polar surface area (TPSA) is 188 Å². The maximum absolute atomic E-state index is 13.8. The van der Waals surface area contributed by atoms with E-state index in [2.05, 4.69) is 4.90 Å². The number of fused-ring (bicyclic) bond motifs is 1. The molecule has 0 saturated carbocycles. The fourth-order valence-corrected chi connectivity index (χ4v) is 9.90. The molecule has 0 N–H and O–H groups in total. The van der Waals surface area contributed by atoms with Crippen LogP contribution in [-0.2, 0) is 32.3 Å². The highest BCUT2D eigenvalue weighted by Gasteiger charge is 2.34. The Morgan fingerprint density at radius 3 is 2.07 bits per heavy atom. The minimum Gasteiger partial charge on any atom is -0.548 e. The number of thiocarbonyl (C=S) groups is 1. The number of thioether (sulfide) groups is 2. The second-order valence-electron chi connectivity index (χ2n) is 9.64. The minimum atomic E-state index is -1.67. The van der Waals surface area contributed by atoms with Crippen molar-refractivity contribution in [3.05, 3.63) is 74.5 Å². The predicted molar refractivity (Wildman–Crippen MR) is 172 cm³/mol. The van der Waals surface area contributed by atoms with Crippen LogP contribution in [0.4, 0.5) is 5.69 Å². The van der Waals surface area contributed by atoms with Gasteiger partial charge in [0.05, 0.1) is 52.8 Å². The van der Waals surface area contributed by atoms with Crippen LogP contribution in [0, 0.1) is 9.20 Å². The Kier molecular flexibility index (Phi) is 9.73. The number of para-hydroxylation sites is 1. The van der Waals surface area contributed by atoms with Crippen molar-refractivity contribution in [1.82, 2.24) is 14.0 Å². The molecule has 0 aliphatic carbocycles. The molecule has 0 bridgehead atoms. The Morgan fingerprint density at radius 2 is 1.46 bits per heavy atom. The average Bonchev–Trinajstić information content (AvgIpc) is 3.69. The molecule has 0 radical (unpaired) electrons. The van der Waals surface area contributed by atoms with E-state index in [-0.39, 0.29) is 27.6 Å². The summed E-state index contributed by atoms with van der Waals surface area (Å²) in [6.45, 7) is 1.71. The lowest BCUT2D eigenvalue weighted by Crippen LogP contribution is -2.41. The summed E-state index contributed by atoms with van der Waals surface area (Å²) in [5, 5.41) is 35.4. The van der Waals surface area contributed by atoms with Gasteiger partial charge in [0.15, 0.2) is 0 Å². The molecular weight excluding hydrogens is 697 g/mol. The monoisotopic (exact) mass is 717 g/mol. The second-order valence-corrected chi connectivity index (χ2v) is 14.3. The first-order valence-corrected chi connectivity index (χ1v) is 17.1. The lowest BCUT2D eigenvalue weighted by atomic mass is 10.2. The van der Waals surface area contributed by atoms with Gasteiger partial charge in [-0.3, -0.25) is 28.4 Å². The van der Waals surface area contributed by atoms with Gasteiger partial charge in [-0.05, 0) is 37.1 Å². The van der Waals surface area contributed by atoms with E-state index in [1.807, 2.05) is 44.2 Å². The van der Waals surface area contributed by atoms with E-state index in [1.165, 1.54) is 11.8 Å². The number of carboxylic acids is 3. The second kappa shape index (κ2) is 13.4. The Labute approximate surface area is 280 Å². The lowest BCUT2D eigenvalue weighted by Gasteiger charge is -2.18. The van der Waals surface area contributed by atoms with Gasteiger partial charge in [0.25, 0.3) is 17.0 Å². The first-order chi connectivity index (χ1) is 21.9. The number of aliphatic carboxylic acids is 3. The zero-order chi connectivity index (χ0) is 33.4. The number of anilines is 1. The summed E-state index contributed by atoms with van der Waals surface area (Å²) in [7, 11) is 0. The van der Waals surface area contributed by atoms with Crippen molar-refractivity contribution in [2.24, 2.45) is 0 Å². The molecule has 1 aromatic carbocycles. The molecule has 0 spiro atoms. The fraction of sp³-hybridized carbons (Fsp3) is 0.250. The van der Waals surface area contributed by atoms with E-state index in [1.54, 1.807) is 0 Å². The summed E-state index contributed by atoms with van der Waals surface area (Å²) in [5.41, 5.74) is -0.0349. The predicted octanol–water partition coefficient (Wildman–Crippen LogP) is -2.33. The first-order valence-electron chi connectivity index (χ1n) is 13.5. The van der Waals surface area contributed by atoms with Crippen LogP contribution in [0.5, 0.6) is 0 Å². The lowest BCUT2D eigenvalue weighted by molar-refractivity contribution is -0.307. The van der Waals surface area contributed by atoms with Gasteiger partial charge < -0.3 is 34.6 Å². The molecule has 1 saturated heterocycles. The molecule has 18 heteroatoms. The maximum Gasteiger partial charge on any atom is 0.272 e. The molecule has 1 amide bonds. The Bertz CT molecular complexity index is 2210. The molecule has 4 heterocycles. The van der Waals surface area contributed by atoms with Crippen molar-refractivity contribution in [3.63, 3.8) is 0 Å². The zero-order valence-electron chi connectivity index (χ0n) is 23.9. The van der Waals surface area contributed by atoms with Crippen molar-refractivity contribution in [2.45, 2.75) is 38.3 Å². The highest BCUT2D eigenvalue weighted by Crippen LogP contribution is 2.46. The fourth-order valence-electron chi connectivity index (χ4n) is 4.80. The maximum atomic E-state index is 13.8. The number of allylic oxidation sites excluding steroid dienone is 1. The summed E-state index contributed by atoms with van der Waals surface area (Å²) in [6.07, 6.45) is 2.22.